The van der Waals surface area contributed by atoms with E-state index < -0.39 is 0 Å². The van der Waals surface area contributed by atoms with E-state index in [1.165, 1.54) is 0 Å². The number of fused-ring (bicyclic) bond motifs is 2. The second kappa shape index (κ2) is 3.15. The van der Waals surface area contributed by atoms with Crippen LogP contribution in [0.1, 0.15) is 11.3 Å². The Balaban J connectivity index is 2.17. The molecule has 3 rings (SSSR count). The molecule has 0 saturated carbocycles. The molecular formula is C10H7Cl2N3. The van der Waals surface area contributed by atoms with Crippen molar-refractivity contribution in [1.29, 1.82) is 0 Å². The molecule has 15 heavy (non-hydrogen) atoms. The molecule has 2 heterocycles. The number of benzene rings is 1. The molecule has 0 atom stereocenters. The summed E-state index contributed by atoms with van der Waals surface area (Å²) in [5.74, 6) is 0. The van der Waals surface area contributed by atoms with Crippen molar-refractivity contribution in [1.82, 2.24) is 10.2 Å². The fraction of sp³-hybridized carbons (Fsp3) is 0.100. The second-order valence-corrected chi connectivity index (χ2v) is 4.24. The van der Waals surface area contributed by atoms with Crippen molar-refractivity contribution in [3.05, 3.63) is 39.6 Å². The number of hydrogen-bond acceptors (Lipinski definition) is 2. The van der Waals surface area contributed by atoms with E-state index in [-0.39, 0.29) is 0 Å². The second-order valence-electron chi connectivity index (χ2n) is 3.46. The standard InChI is InChI=1S/C10H7Cl2N3/c11-6-2-1-5-3-7-8(4-13-15-7)14-10(5)9(6)12/h1-2,4,14H,3H2,(H,13,15). The Bertz CT molecular complexity index is 533. The van der Waals surface area contributed by atoms with Crippen LogP contribution in [0.4, 0.5) is 11.4 Å². The zero-order chi connectivity index (χ0) is 10.4. The number of nitrogens with zero attached hydrogens (tertiary/aromatic N) is 1. The van der Waals surface area contributed by atoms with Gasteiger partial charge in [0.1, 0.15) is 0 Å². The van der Waals surface area contributed by atoms with Crippen molar-refractivity contribution >= 4 is 34.6 Å². The van der Waals surface area contributed by atoms with Gasteiger partial charge in [-0.05, 0) is 11.6 Å². The third-order valence-corrected chi connectivity index (χ3v) is 3.33. The van der Waals surface area contributed by atoms with Gasteiger partial charge in [0, 0.05) is 6.42 Å². The van der Waals surface area contributed by atoms with Crippen molar-refractivity contribution < 1.29 is 0 Å². The number of H-pyrrole nitrogens is 1. The minimum absolute atomic E-state index is 0.565. The number of rotatable bonds is 0. The fourth-order valence-electron chi connectivity index (χ4n) is 1.75. The maximum absolute atomic E-state index is 6.12. The Morgan fingerprint density at radius 3 is 3.00 bits per heavy atom. The molecule has 3 nitrogen and oxygen atoms in total. The summed E-state index contributed by atoms with van der Waals surface area (Å²) < 4.78 is 0. The van der Waals surface area contributed by atoms with Crippen molar-refractivity contribution in [3.8, 4) is 0 Å². The normalized spacial score (nSPS) is 12.9. The third kappa shape index (κ3) is 1.31. The maximum atomic E-state index is 6.12. The van der Waals surface area contributed by atoms with Crippen LogP contribution in [0, 0.1) is 0 Å². The zero-order valence-corrected chi connectivity index (χ0v) is 9.15. The summed E-state index contributed by atoms with van der Waals surface area (Å²) in [6, 6.07) is 3.78. The van der Waals surface area contributed by atoms with Gasteiger partial charge in [-0.1, -0.05) is 29.3 Å². The highest BCUT2D eigenvalue weighted by Crippen LogP contribution is 2.39. The van der Waals surface area contributed by atoms with Crippen molar-refractivity contribution in [2.75, 3.05) is 5.32 Å². The zero-order valence-electron chi connectivity index (χ0n) is 7.64. The van der Waals surface area contributed by atoms with Crippen LogP contribution in [-0.2, 0) is 6.42 Å². The summed E-state index contributed by atoms with van der Waals surface area (Å²) in [6.07, 6.45) is 2.55. The quantitative estimate of drug-likeness (QED) is 0.632. The van der Waals surface area contributed by atoms with Crippen molar-refractivity contribution in [2.24, 2.45) is 0 Å². The SMILES string of the molecule is Clc1ccc2c(c1Cl)Nc1cn[nH]c1C2. The third-order valence-electron chi connectivity index (χ3n) is 2.53. The first-order chi connectivity index (χ1) is 7.25. The fourth-order valence-corrected chi connectivity index (χ4v) is 2.14. The van der Waals surface area contributed by atoms with Crippen LogP contribution < -0.4 is 5.32 Å². The van der Waals surface area contributed by atoms with E-state index >= 15 is 0 Å². The molecule has 0 unspecified atom stereocenters. The molecular weight excluding hydrogens is 233 g/mol. The molecule has 2 N–H and O–H groups in total. The Labute approximate surface area is 96.4 Å². The van der Waals surface area contributed by atoms with Gasteiger partial charge in [0.15, 0.2) is 0 Å². The molecule has 0 amide bonds. The van der Waals surface area contributed by atoms with Gasteiger partial charge in [-0.2, -0.15) is 5.10 Å². The van der Waals surface area contributed by atoms with Crippen LogP contribution in [-0.4, -0.2) is 10.2 Å². The molecule has 0 saturated heterocycles. The number of aromatic nitrogens is 2. The average molecular weight is 240 g/mol. The Morgan fingerprint density at radius 1 is 1.27 bits per heavy atom. The molecule has 0 fully saturated rings. The first-order valence-corrected chi connectivity index (χ1v) is 5.27. The van der Waals surface area contributed by atoms with E-state index in [0.717, 1.165) is 29.1 Å². The molecule has 0 bridgehead atoms. The number of halogens is 2. The molecule has 0 spiro atoms. The first-order valence-electron chi connectivity index (χ1n) is 4.52. The number of nitrogens with one attached hydrogen (secondary N) is 2. The lowest BCUT2D eigenvalue weighted by Gasteiger charge is -2.19. The van der Waals surface area contributed by atoms with E-state index in [9.17, 15) is 0 Å². The van der Waals surface area contributed by atoms with Crippen LogP contribution in [0.15, 0.2) is 18.3 Å². The van der Waals surface area contributed by atoms with Crippen LogP contribution in [0.5, 0.6) is 0 Å². The number of aromatic amines is 1. The molecule has 1 aromatic carbocycles. The Morgan fingerprint density at radius 2 is 2.13 bits per heavy atom. The molecule has 1 aliphatic rings. The van der Waals surface area contributed by atoms with Crippen LogP contribution >= 0.6 is 23.2 Å². The van der Waals surface area contributed by atoms with Gasteiger partial charge in [-0.3, -0.25) is 5.10 Å². The topological polar surface area (TPSA) is 40.7 Å². The van der Waals surface area contributed by atoms with Gasteiger partial charge in [-0.15, -0.1) is 0 Å². The summed E-state index contributed by atoms with van der Waals surface area (Å²) in [4.78, 5) is 0. The molecule has 0 radical (unpaired) electrons. The maximum Gasteiger partial charge on any atom is 0.0830 e. The minimum atomic E-state index is 0.565. The smallest absolute Gasteiger partial charge is 0.0830 e. The summed E-state index contributed by atoms with van der Waals surface area (Å²) in [6.45, 7) is 0. The summed E-state index contributed by atoms with van der Waals surface area (Å²) in [5, 5.41) is 11.3. The van der Waals surface area contributed by atoms with Crippen molar-refractivity contribution in [3.63, 3.8) is 0 Å². The number of anilines is 2. The van der Waals surface area contributed by atoms with E-state index in [1.54, 1.807) is 6.20 Å². The lowest BCUT2D eigenvalue weighted by molar-refractivity contribution is 0.992. The van der Waals surface area contributed by atoms with E-state index in [4.69, 9.17) is 23.2 Å². The van der Waals surface area contributed by atoms with Gasteiger partial charge < -0.3 is 5.32 Å². The van der Waals surface area contributed by atoms with E-state index in [2.05, 4.69) is 15.5 Å². The minimum Gasteiger partial charge on any atom is -0.351 e. The predicted octanol–water partition coefficient (Wildman–Crippen LogP) is 3.36. The highest BCUT2D eigenvalue weighted by molar-refractivity contribution is 6.44. The molecule has 5 heteroatoms. The van der Waals surface area contributed by atoms with Crippen LogP contribution in [0.25, 0.3) is 0 Å². The highest BCUT2D eigenvalue weighted by atomic mass is 35.5. The van der Waals surface area contributed by atoms with Gasteiger partial charge >= 0.3 is 0 Å². The van der Waals surface area contributed by atoms with Gasteiger partial charge in [0.25, 0.3) is 0 Å². The number of hydrogen-bond donors (Lipinski definition) is 2. The molecule has 1 aliphatic heterocycles. The monoisotopic (exact) mass is 239 g/mol. The Kier molecular flexibility index (Phi) is 1.90. The predicted molar refractivity (Wildman–Crippen MR) is 61.1 cm³/mol. The van der Waals surface area contributed by atoms with Crippen LogP contribution in [0.2, 0.25) is 10.0 Å². The summed E-state index contributed by atoms with van der Waals surface area (Å²) >= 11 is 12.1. The van der Waals surface area contributed by atoms with E-state index in [1.807, 2.05) is 12.1 Å². The average Bonchev–Trinajstić information content (AvgIpc) is 2.68. The Hall–Kier alpha value is -1.19. The van der Waals surface area contributed by atoms with E-state index in [0.29, 0.717) is 10.0 Å². The van der Waals surface area contributed by atoms with Gasteiger partial charge in [-0.25, -0.2) is 0 Å². The van der Waals surface area contributed by atoms with Crippen molar-refractivity contribution in [2.45, 2.75) is 6.42 Å². The molecule has 76 valence electrons. The molecule has 0 aliphatic carbocycles. The van der Waals surface area contributed by atoms with Crippen LogP contribution in [0.3, 0.4) is 0 Å². The summed E-state index contributed by atoms with van der Waals surface area (Å²) in [7, 11) is 0. The van der Waals surface area contributed by atoms with Gasteiger partial charge in [0.2, 0.25) is 0 Å². The van der Waals surface area contributed by atoms with Gasteiger partial charge in [0.05, 0.1) is 33.3 Å². The molecule has 2 aromatic rings. The highest BCUT2D eigenvalue weighted by Gasteiger charge is 2.19. The first kappa shape index (κ1) is 9.07. The lowest BCUT2D eigenvalue weighted by atomic mass is 10.0. The molecule has 1 aromatic heterocycles. The lowest BCUT2D eigenvalue weighted by Crippen LogP contribution is -2.06. The largest absolute Gasteiger partial charge is 0.351 e. The summed E-state index contributed by atoms with van der Waals surface area (Å²) in [5.41, 5.74) is 4.05.